The minimum atomic E-state index is -0.833. The van der Waals surface area contributed by atoms with Crippen LogP contribution in [0.5, 0.6) is 23.0 Å². The fourth-order valence-electron chi connectivity index (χ4n) is 13.1. The first-order valence-electron chi connectivity index (χ1n) is 43.1. The summed E-state index contributed by atoms with van der Waals surface area (Å²) in [5, 5.41) is 16.1. The van der Waals surface area contributed by atoms with Gasteiger partial charge in [-0.1, -0.05) is 169 Å². The summed E-state index contributed by atoms with van der Waals surface area (Å²) in [6.07, 6.45) is 9.93. The zero-order valence-corrected chi connectivity index (χ0v) is 78.3. The second-order valence-electron chi connectivity index (χ2n) is 29.4. The summed E-state index contributed by atoms with van der Waals surface area (Å²) in [6.45, 7) is 18.0. The first kappa shape index (κ1) is 110. The van der Waals surface area contributed by atoms with Gasteiger partial charge in [0.15, 0.2) is 6.29 Å². The Bertz CT molecular complexity index is 4410. The first-order valence-corrected chi connectivity index (χ1v) is 43.1. The largest absolute Gasteiger partial charge is 1.00 e. The van der Waals surface area contributed by atoms with E-state index in [2.05, 4.69) is 92.2 Å². The number of fused-ring (bicyclic) bond motifs is 6. The fourth-order valence-corrected chi connectivity index (χ4v) is 13.1. The number of carboxylic acids is 1. The van der Waals surface area contributed by atoms with Crippen LogP contribution in [0.3, 0.4) is 0 Å². The number of hydrogen-bond acceptors (Lipinski definition) is 23. The van der Waals surface area contributed by atoms with E-state index in [9.17, 15) is 33.6 Å². The van der Waals surface area contributed by atoms with Crippen LogP contribution in [0.1, 0.15) is 170 Å². The number of rotatable bonds is 53. The normalized spacial score (nSPS) is 11.1. The van der Waals surface area contributed by atoms with E-state index in [0.29, 0.717) is 187 Å². The molecule has 8 aromatic carbocycles. The molecule has 3 amide bonds. The van der Waals surface area contributed by atoms with Crippen LogP contribution >= 0.6 is 12.4 Å². The predicted molar refractivity (Wildman–Crippen MR) is 488 cm³/mol. The molecule has 0 atom stereocenters. The maximum absolute atomic E-state index is 12.4. The zero-order valence-electron chi connectivity index (χ0n) is 75.5. The maximum atomic E-state index is 12.4. The fraction of sp³-hybridized carbons (Fsp3) is 0.434. The summed E-state index contributed by atoms with van der Waals surface area (Å²) in [6, 6.07) is 60.6. The van der Waals surface area contributed by atoms with E-state index >= 15 is 0 Å². The number of nitrogens with one attached hydrogen (secondary N) is 3. The molecule has 0 saturated carbocycles. The molecule has 29 heteroatoms. The molecular weight excluding hydrogens is 1670 g/mol. The van der Waals surface area contributed by atoms with Gasteiger partial charge in [0.25, 0.3) is 5.97 Å². The van der Waals surface area contributed by atoms with Crippen molar-refractivity contribution in [3.63, 3.8) is 0 Å². The number of carbonyl (C=O) groups excluding carboxylic acids is 7. The minimum absolute atomic E-state index is 0. The Labute approximate surface area is 782 Å². The number of nitrogens with two attached hydrogens (primary N) is 1. The van der Waals surface area contributed by atoms with Crippen molar-refractivity contribution in [1.29, 1.82) is 0 Å². The second-order valence-corrected chi connectivity index (χ2v) is 29.4. The van der Waals surface area contributed by atoms with E-state index in [4.69, 9.17) is 72.5 Å². The Morgan fingerprint density at radius 2 is 0.805 bits per heavy atom. The van der Waals surface area contributed by atoms with Crippen LogP contribution < -0.4 is 70.2 Å². The number of esters is 3. The van der Waals surface area contributed by atoms with E-state index in [1.165, 1.54) is 76.6 Å². The number of benzene rings is 8. The van der Waals surface area contributed by atoms with Crippen molar-refractivity contribution in [2.24, 2.45) is 5.73 Å². The number of hydrogen-bond donors (Lipinski definition) is 5. The zero-order chi connectivity index (χ0) is 90.6. The SMILES string of the molecule is CC(=O)O.CC(=O)OCOC(C)=O.COc1cc(OCCCC(=O)NCc2ccc(C)cc2)ccc1C=O.COc1cc(OCCCC(=O)NCc2ccc(C)cc2)ccc1CCCCCOCCOCCOCCCCC(=O)OCC1c2ccccc2-c2ccccc21.Cl.NCCCOCCOCCOCCCNC(=O)OCC1c2ccccc2-c2ccccc21.[Na+]. The van der Waals surface area contributed by atoms with Gasteiger partial charge in [0, 0.05) is 110 Å². The standard InChI is InChI=1S/C47H59NO8.C25H34N2O5.C20H23NO4.C5H8O4.C2H4O2.ClH.Na/c1-36-20-22-37(23-21-36)34-48-46(49)18-12-28-55-39-25-24-38(45(33-39)51-2)13-4-3-10-26-52-29-31-54-32-30-53-27-11-9-19-47(50)56-35-44-42-16-7-5-14-40(42)41-15-6-8-17-43(41)44;26-11-5-13-29-15-17-31-18-16-30-14-6-12-27-25(28)32-19-24-22-9-3-1-7-20(22)21-8-2-4-10-23(21)24;1-15-5-7-16(8-6-15)13-21-20(23)4-3-11-25-18-10-9-17(14-22)19(12-18)24-2;1-4(6)8-3-9-5(2)7;1-2(3)4;;/h5-8,14-17,20-25,33,44H,3-4,9-13,18-19,26-32,34-35H2,1-2H3,(H,48,49);1-4,7-10,24H,5-6,11-19,26H2,(H,27,28);5-10,12,14H,3-4,11,13H2,1-2H3,(H,21,23);3H2,1-2H3;1H3,(H,3,4);1H;/q;;;;;;+1. The number of carboxylic acid groups (broad SMARTS) is 1. The Balaban J connectivity index is 0.000000401. The molecule has 27 nitrogen and oxygen atoms in total. The van der Waals surface area contributed by atoms with Gasteiger partial charge in [0.05, 0.1) is 85.9 Å². The number of carbonyl (C=O) groups is 8. The van der Waals surface area contributed by atoms with Crippen LogP contribution in [-0.4, -0.2) is 193 Å². The average Bonchev–Trinajstić information content (AvgIpc) is 1.62. The monoisotopic (exact) mass is 1800 g/mol. The summed E-state index contributed by atoms with van der Waals surface area (Å²) in [5.74, 6) is 0.929. The number of amides is 3. The van der Waals surface area contributed by atoms with Gasteiger partial charge >= 0.3 is 53.6 Å². The number of aldehydes is 1. The first-order chi connectivity index (χ1) is 61.3. The Kier molecular flexibility index (Phi) is 57.6. The molecule has 6 N–H and O–H groups in total. The number of aryl methyl sites for hydroxylation is 3. The maximum Gasteiger partial charge on any atom is 1.00 e. The van der Waals surface area contributed by atoms with Gasteiger partial charge < -0.3 is 93.1 Å². The third-order valence-corrected chi connectivity index (χ3v) is 19.6. The molecule has 0 bridgehead atoms. The van der Waals surface area contributed by atoms with Crippen molar-refractivity contribution in [3.8, 4) is 45.3 Å². The van der Waals surface area contributed by atoms with Gasteiger partial charge in [0.2, 0.25) is 18.6 Å². The molecule has 0 aromatic heterocycles. The molecule has 0 saturated heterocycles. The molecule has 0 unspecified atom stereocenters. The smallest absolute Gasteiger partial charge is 0.496 e. The molecule has 2 aliphatic carbocycles. The summed E-state index contributed by atoms with van der Waals surface area (Å²) in [5.41, 5.74) is 21.4. The number of aliphatic carboxylic acids is 1. The van der Waals surface area contributed by atoms with Crippen LogP contribution in [0.15, 0.2) is 182 Å². The molecule has 2 aliphatic rings. The van der Waals surface area contributed by atoms with Crippen molar-refractivity contribution >= 4 is 60.5 Å². The number of alkyl carbamates (subject to hydrolysis) is 1. The molecule has 690 valence electrons. The summed E-state index contributed by atoms with van der Waals surface area (Å²) < 4.78 is 75.3. The number of unbranched alkanes of at least 4 members (excludes halogenated alkanes) is 3. The van der Waals surface area contributed by atoms with Gasteiger partial charge in [0.1, 0.15) is 36.2 Å². The summed E-state index contributed by atoms with van der Waals surface area (Å²) in [4.78, 5) is 88.5. The van der Waals surface area contributed by atoms with Gasteiger partial charge in [-0.05, 0) is 158 Å². The third-order valence-electron chi connectivity index (χ3n) is 19.6. The van der Waals surface area contributed by atoms with Crippen LogP contribution in [0, 0.1) is 13.8 Å². The average molecular weight is 1800 g/mol. The van der Waals surface area contributed by atoms with E-state index in [0.717, 1.165) is 86.3 Å². The Morgan fingerprint density at radius 3 is 1.23 bits per heavy atom. The predicted octanol–water partition coefficient (Wildman–Crippen LogP) is 13.0. The number of ether oxygens (including phenoxy) is 14. The molecule has 128 heavy (non-hydrogen) atoms. The Hall–Kier alpha value is -10.3. The molecule has 0 heterocycles. The molecule has 0 spiro atoms. The molecule has 0 aliphatic heterocycles. The second kappa shape index (κ2) is 67.0. The van der Waals surface area contributed by atoms with Crippen LogP contribution in [0.4, 0.5) is 4.79 Å². The van der Waals surface area contributed by atoms with Gasteiger partial charge in [-0.2, -0.15) is 0 Å². The minimum Gasteiger partial charge on any atom is -0.496 e. The van der Waals surface area contributed by atoms with Gasteiger partial charge in [-0.3, -0.25) is 33.6 Å². The van der Waals surface area contributed by atoms with Crippen LogP contribution in [0.25, 0.3) is 22.3 Å². The summed E-state index contributed by atoms with van der Waals surface area (Å²) >= 11 is 0. The van der Waals surface area contributed by atoms with Crippen molar-refractivity contribution in [2.45, 2.75) is 143 Å². The van der Waals surface area contributed by atoms with E-state index in [1.807, 2.05) is 111 Å². The van der Waals surface area contributed by atoms with Gasteiger partial charge in [-0.15, -0.1) is 12.4 Å². The van der Waals surface area contributed by atoms with E-state index in [1.54, 1.807) is 25.3 Å². The molecule has 0 fully saturated rings. The molecular formula is C99H129ClN4NaO23+. The number of halogens is 1. The van der Waals surface area contributed by atoms with Crippen molar-refractivity contribution < 1.29 is 139 Å². The van der Waals surface area contributed by atoms with Crippen LogP contribution in [-0.2, 0) is 95.6 Å². The van der Waals surface area contributed by atoms with Crippen LogP contribution in [0.2, 0.25) is 0 Å². The number of methoxy groups -OCH3 is 2. The van der Waals surface area contributed by atoms with Crippen molar-refractivity contribution in [3.05, 3.63) is 238 Å². The van der Waals surface area contributed by atoms with Crippen molar-refractivity contribution in [2.75, 3.05) is 140 Å². The molecule has 0 radical (unpaired) electrons. The Morgan fingerprint density at radius 1 is 0.414 bits per heavy atom. The van der Waals surface area contributed by atoms with Gasteiger partial charge in [-0.25, -0.2) is 4.79 Å². The molecule has 8 aromatic rings. The van der Waals surface area contributed by atoms with E-state index < -0.39 is 24.0 Å². The third kappa shape index (κ3) is 45.1. The molecule has 10 rings (SSSR count). The topological polar surface area (TPSA) is 348 Å². The summed E-state index contributed by atoms with van der Waals surface area (Å²) in [7, 11) is 3.19. The van der Waals surface area contributed by atoms with Crippen molar-refractivity contribution in [1.82, 2.24) is 16.0 Å². The van der Waals surface area contributed by atoms with E-state index in [-0.39, 0.29) is 78.4 Å². The quantitative estimate of drug-likeness (QED) is 0.00590.